The van der Waals surface area contributed by atoms with E-state index in [-0.39, 0.29) is 0 Å². The first kappa shape index (κ1) is 16.3. The Morgan fingerprint density at radius 3 is 2.76 bits per heavy atom. The van der Waals surface area contributed by atoms with Gasteiger partial charge in [0.05, 0.1) is 12.0 Å². The number of benzene rings is 1. The molecule has 0 radical (unpaired) electrons. The van der Waals surface area contributed by atoms with Crippen LogP contribution >= 0.6 is 0 Å². The summed E-state index contributed by atoms with van der Waals surface area (Å²) < 4.78 is 32.2. The third-order valence-electron chi connectivity index (χ3n) is 3.84. The summed E-state index contributed by atoms with van der Waals surface area (Å²) in [4.78, 5) is 0.352. The van der Waals surface area contributed by atoms with E-state index in [0.29, 0.717) is 36.2 Å². The highest BCUT2D eigenvalue weighted by molar-refractivity contribution is 7.89. The van der Waals surface area contributed by atoms with Crippen LogP contribution in [0.5, 0.6) is 5.75 Å². The molecule has 5 nitrogen and oxygen atoms in total. The Bertz CT molecular complexity index is 587. The fraction of sp³-hybridized carbons (Fsp3) is 0.600. The first-order chi connectivity index (χ1) is 9.98. The van der Waals surface area contributed by atoms with Gasteiger partial charge >= 0.3 is 0 Å². The minimum Gasteiger partial charge on any atom is -0.496 e. The lowest BCUT2D eigenvalue weighted by molar-refractivity contribution is 0.407. The largest absolute Gasteiger partial charge is 0.496 e. The van der Waals surface area contributed by atoms with E-state index in [9.17, 15) is 8.42 Å². The van der Waals surface area contributed by atoms with Crippen LogP contribution in [0.1, 0.15) is 25.8 Å². The van der Waals surface area contributed by atoms with Crippen molar-refractivity contribution >= 4 is 10.0 Å². The molecule has 1 heterocycles. The van der Waals surface area contributed by atoms with E-state index in [1.165, 1.54) is 0 Å². The molecular formula is C15H24N2O3S. The first-order valence-electron chi connectivity index (χ1n) is 7.36. The van der Waals surface area contributed by atoms with Crippen molar-refractivity contribution in [2.24, 2.45) is 5.92 Å². The summed E-state index contributed by atoms with van der Waals surface area (Å²) in [5, 5.41) is 3.21. The lowest BCUT2D eigenvalue weighted by Crippen LogP contribution is -2.28. The molecule has 1 fully saturated rings. The molecule has 1 aliphatic heterocycles. The van der Waals surface area contributed by atoms with Crippen LogP contribution in [0.2, 0.25) is 0 Å². The maximum Gasteiger partial charge on any atom is 0.243 e. The molecule has 118 valence electrons. The van der Waals surface area contributed by atoms with Crippen LogP contribution in [0, 0.1) is 5.92 Å². The van der Waals surface area contributed by atoms with E-state index in [1.54, 1.807) is 29.6 Å². The lowest BCUT2D eigenvalue weighted by atomic mass is 10.2. The van der Waals surface area contributed by atoms with Gasteiger partial charge in [0.2, 0.25) is 10.0 Å². The Balaban J connectivity index is 2.30. The highest BCUT2D eigenvalue weighted by Crippen LogP contribution is 2.27. The van der Waals surface area contributed by atoms with Gasteiger partial charge in [-0.2, -0.15) is 4.31 Å². The molecule has 0 saturated carbocycles. The van der Waals surface area contributed by atoms with E-state index >= 15 is 0 Å². The van der Waals surface area contributed by atoms with Gasteiger partial charge < -0.3 is 10.1 Å². The van der Waals surface area contributed by atoms with Crippen LogP contribution in [0.15, 0.2) is 23.1 Å². The van der Waals surface area contributed by atoms with Gasteiger partial charge in [-0.1, -0.05) is 13.8 Å². The summed E-state index contributed by atoms with van der Waals surface area (Å²) >= 11 is 0. The van der Waals surface area contributed by atoms with Crippen LogP contribution < -0.4 is 10.1 Å². The molecule has 0 aromatic heterocycles. The quantitative estimate of drug-likeness (QED) is 0.871. The van der Waals surface area contributed by atoms with Crippen molar-refractivity contribution in [2.75, 3.05) is 26.7 Å². The predicted molar refractivity (Wildman–Crippen MR) is 82.9 cm³/mol. The molecular weight excluding hydrogens is 288 g/mol. The minimum atomic E-state index is -3.39. The number of rotatable bonds is 6. The number of sulfonamides is 1. The molecule has 1 aliphatic rings. The van der Waals surface area contributed by atoms with Crippen molar-refractivity contribution in [2.45, 2.75) is 31.7 Å². The van der Waals surface area contributed by atoms with Crippen LogP contribution in [-0.4, -0.2) is 39.5 Å². The molecule has 0 bridgehead atoms. The fourth-order valence-electron chi connectivity index (χ4n) is 2.58. The average Bonchev–Trinajstić information content (AvgIpc) is 2.92. The Hall–Kier alpha value is -1.11. The van der Waals surface area contributed by atoms with E-state index in [0.717, 1.165) is 18.5 Å². The summed E-state index contributed by atoms with van der Waals surface area (Å²) in [5.41, 5.74) is 0.868. The van der Waals surface area contributed by atoms with Gasteiger partial charge in [0.1, 0.15) is 5.75 Å². The zero-order valence-corrected chi connectivity index (χ0v) is 13.7. The average molecular weight is 312 g/mol. The molecule has 1 aromatic carbocycles. The third kappa shape index (κ3) is 3.56. The highest BCUT2D eigenvalue weighted by Gasteiger charge is 2.30. The smallest absolute Gasteiger partial charge is 0.243 e. The molecule has 1 aromatic rings. The molecule has 0 amide bonds. The summed E-state index contributed by atoms with van der Waals surface area (Å²) in [7, 11) is -1.80. The Morgan fingerprint density at radius 2 is 2.19 bits per heavy atom. The molecule has 1 atom stereocenters. The number of nitrogens with one attached hydrogen (secondary N) is 1. The molecule has 1 unspecified atom stereocenters. The maximum absolute atomic E-state index is 12.7. The monoisotopic (exact) mass is 312 g/mol. The van der Waals surface area contributed by atoms with Gasteiger partial charge in [-0.3, -0.25) is 0 Å². The second-order valence-corrected chi connectivity index (χ2v) is 7.45. The number of ether oxygens (including phenoxy) is 1. The first-order valence-corrected chi connectivity index (χ1v) is 8.80. The molecule has 1 N–H and O–H groups in total. The van der Waals surface area contributed by atoms with Gasteiger partial charge in [-0.05, 0) is 37.1 Å². The van der Waals surface area contributed by atoms with Gasteiger partial charge in [0, 0.05) is 25.2 Å². The highest BCUT2D eigenvalue weighted by atomic mass is 32.2. The van der Waals surface area contributed by atoms with E-state index in [4.69, 9.17) is 4.74 Å². The Labute approximate surface area is 127 Å². The SMILES string of the molecule is CCNCc1cc(S(=O)(=O)N2CCC(C)C2)ccc1OC. The van der Waals surface area contributed by atoms with Crippen molar-refractivity contribution in [1.29, 1.82) is 0 Å². The van der Waals surface area contributed by atoms with Crippen LogP contribution in [0.3, 0.4) is 0 Å². The number of hydrogen-bond donors (Lipinski definition) is 1. The molecule has 2 rings (SSSR count). The number of hydrogen-bond acceptors (Lipinski definition) is 4. The van der Waals surface area contributed by atoms with Crippen LogP contribution in [0.4, 0.5) is 0 Å². The summed E-state index contributed by atoms with van der Waals surface area (Å²) in [6, 6.07) is 5.09. The Kier molecular flexibility index (Phi) is 5.24. The zero-order chi connectivity index (χ0) is 15.5. The van der Waals surface area contributed by atoms with E-state index < -0.39 is 10.0 Å². The lowest BCUT2D eigenvalue weighted by Gasteiger charge is -2.17. The van der Waals surface area contributed by atoms with Crippen molar-refractivity contribution < 1.29 is 13.2 Å². The van der Waals surface area contributed by atoms with E-state index in [2.05, 4.69) is 12.2 Å². The normalized spacial score (nSPS) is 19.9. The van der Waals surface area contributed by atoms with Gasteiger partial charge in [0.25, 0.3) is 0 Å². The van der Waals surface area contributed by atoms with Crippen LogP contribution in [-0.2, 0) is 16.6 Å². The minimum absolute atomic E-state index is 0.352. The van der Waals surface area contributed by atoms with Gasteiger partial charge in [-0.15, -0.1) is 0 Å². The van der Waals surface area contributed by atoms with Crippen molar-refractivity contribution in [3.05, 3.63) is 23.8 Å². The Morgan fingerprint density at radius 1 is 1.43 bits per heavy atom. The maximum atomic E-state index is 12.7. The number of methoxy groups -OCH3 is 1. The standard InChI is InChI=1S/C15H24N2O3S/c1-4-16-10-13-9-14(5-6-15(13)20-3)21(18,19)17-8-7-12(2)11-17/h5-6,9,12,16H,4,7-8,10-11H2,1-3H3. The van der Waals surface area contributed by atoms with Crippen molar-refractivity contribution in [1.82, 2.24) is 9.62 Å². The summed E-state index contributed by atoms with van der Waals surface area (Å²) in [6.45, 7) is 6.73. The second-order valence-electron chi connectivity index (χ2n) is 5.51. The topological polar surface area (TPSA) is 58.6 Å². The van der Waals surface area contributed by atoms with Gasteiger partial charge in [-0.25, -0.2) is 8.42 Å². The van der Waals surface area contributed by atoms with Crippen molar-refractivity contribution in [3.8, 4) is 5.75 Å². The van der Waals surface area contributed by atoms with Crippen molar-refractivity contribution in [3.63, 3.8) is 0 Å². The molecule has 6 heteroatoms. The zero-order valence-electron chi connectivity index (χ0n) is 12.9. The van der Waals surface area contributed by atoms with Crippen LogP contribution in [0.25, 0.3) is 0 Å². The fourth-order valence-corrected chi connectivity index (χ4v) is 4.20. The summed E-state index contributed by atoms with van der Waals surface area (Å²) in [5.74, 6) is 1.14. The second kappa shape index (κ2) is 6.77. The molecule has 1 saturated heterocycles. The van der Waals surface area contributed by atoms with Gasteiger partial charge in [0.15, 0.2) is 0 Å². The van der Waals surface area contributed by atoms with E-state index in [1.807, 2.05) is 6.92 Å². The predicted octanol–water partition coefficient (Wildman–Crippen LogP) is 1.84. The molecule has 21 heavy (non-hydrogen) atoms. The number of nitrogens with zero attached hydrogens (tertiary/aromatic N) is 1. The molecule has 0 spiro atoms. The molecule has 0 aliphatic carbocycles. The summed E-state index contributed by atoms with van der Waals surface area (Å²) in [6.07, 6.45) is 0.930. The third-order valence-corrected chi connectivity index (χ3v) is 5.70.